The molecule has 0 aromatic heterocycles. The number of methoxy groups -OCH3 is 1. The second-order valence-corrected chi connectivity index (χ2v) is 6.11. The predicted molar refractivity (Wildman–Crippen MR) is 87.1 cm³/mol. The van der Waals surface area contributed by atoms with Gasteiger partial charge in [-0.05, 0) is 32.8 Å². The number of carbonyl (C=O) groups is 1. The fourth-order valence-electron chi connectivity index (χ4n) is 2.98. The lowest BCUT2D eigenvalue weighted by molar-refractivity contribution is -0.129. The van der Waals surface area contributed by atoms with Gasteiger partial charge in [-0.2, -0.15) is 0 Å². The van der Waals surface area contributed by atoms with Gasteiger partial charge < -0.3 is 14.8 Å². The molecule has 1 aromatic carbocycles. The Kier molecular flexibility index (Phi) is 6.25. The molecule has 0 bridgehead atoms. The minimum atomic E-state index is -0.0997. The van der Waals surface area contributed by atoms with Crippen LogP contribution in [0.5, 0.6) is 5.75 Å². The second kappa shape index (κ2) is 8.18. The van der Waals surface area contributed by atoms with E-state index in [0.29, 0.717) is 0 Å². The van der Waals surface area contributed by atoms with E-state index in [1.54, 1.807) is 7.11 Å². The second-order valence-electron chi connectivity index (χ2n) is 6.11. The Balaban J connectivity index is 1.86. The van der Waals surface area contributed by atoms with Crippen molar-refractivity contribution in [1.29, 1.82) is 0 Å². The third-order valence-electron chi connectivity index (χ3n) is 4.23. The lowest BCUT2D eigenvalue weighted by Crippen LogP contribution is -2.32. The number of hydrogen-bond donors (Lipinski definition) is 1. The van der Waals surface area contributed by atoms with Gasteiger partial charge in [0.1, 0.15) is 12.4 Å². The minimum Gasteiger partial charge on any atom is -0.496 e. The van der Waals surface area contributed by atoms with Crippen molar-refractivity contribution in [3.63, 3.8) is 0 Å². The van der Waals surface area contributed by atoms with Crippen molar-refractivity contribution in [3.8, 4) is 5.75 Å². The normalized spacial score (nSPS) is 17.0. The van der Waals surface area contributed by atoms with Crippen molar-refractivity contribution < 1.29 is 14.3 Å². The molecule has 0 radical (unpaired) electrons. The highest BCUT2D eigenvalue weighted by Gasteiger charge is 2.17. The van der Waals surface area contributed by atoms with Crippen LogP contribution in [0, 0.1) is 6.92 Å². The van der Waals surface area contributed by atoms with Gasteiger partial charge in [-0.15, -0.1) is 0 Å². The SMILES string of the molecule is COc1ccc(C)cc1C(C)NC(=O)COC1CCCCC1. The predicted octanol–water partition coefficient (Wildman–Crippen LogP) is 3.53. The van der Waals surface area contributed by atoms with E-state index in [-0.39, 0.29) is 24.7 Å². The fourth-order valence-corrected chi connectivity index (χ4v) is 2.98. The van der Waals surface area contributed by atoms with Gasteiger partial charge in [0, 0.05) is 5.56 Å². The van der Waals surface area contributed by atoms with Crippen LogP contribution in [0.15, 0.2) is 18.2 Å². The molecule has 1 atom stereocenters. The Morgan fingerprint density at radius 3 is 2.73 bits per heavy atom. The van der Waals surface area contributed by atoms with Crippen molar-refractivity contribution in [3.05, 3.63) is 29.3 Å². The molecule has 1 fully saturated rings. The lowest BCUT2D eigenvalue weighted by Gasteiger charge is -2.22. The molecule has 0 spiro atoms. The first-order valence-corrected chi connectivity index (χ1v) is 8.15. The molecule has 1 unspecified atom stereocenters. The molecule has 1 saturated carbocycles. The number of hydrogen-bond acceptors (Lipinski definition) is 3. The zero-order valence-electron chi connectivity index (χ0n) is 13.9. The van der Waals surface area contributed by atoms with E-state index in [4.69, 9.17) is 9.47 Å². The van der Waals surface area contributed by atoms with Gasteiger partial charge >= 0.3 is 0 Å². The summed E-state index contributed by atoms with van der Waals surface area (Å²) in [6, 6.07) is 5.89. The molecule has 0 saturated heterocycles. The molecule has 1 N–H and O–H groups in total. The van der Waals surface area contributed by atoms with E-state index in [0.717, 1.165) is 29.7 Å². The molecule has 22 heavy (non-hydrogen) atoms. The van der Waals surface area contributed by atoms with Gasteiger partial charge in [0.25, 0.3) is 0 Å². The van der Waals surface area contributed by atoms with E-state index in [9.17, 15) is 4.79 Å². The van der Waals surface area contributed by atoms with Gasteiger partial charge in [0.05, 0.1) is 19.3 Å². The number of benzene rings is 1. The summed E-state index contributed by atoms with van der Waals surface area (Å²) in [5.74, 6) is 0.730. The summed E-state index contributed by atoms with van der Waals surface area (Å²) < 4.78 is 11.1. The summed E-state index contributed by atoms with van der Waals surface area (Å²) >= 11 is 0. The number of rotatable bonds is 6. The van der Waals surface area contributed by atoms with Crippen LogP contribution in [-0.4, -0.2) is 25.7 Å². The average Bonchev–Trinajstić information content (AvgIpc) is 2.54. The van der Waals surface area contributed by atoms with E-state index in [1.165, 1.54) is 19.3 Å². The molecule has 4 heteroatoms. The Hall–Kier alpha value is -1.55. The average molecular weight is 305 g/mol. The monoisotopic (exact) mass is 305 g/mol. The highest BCUT2D eigenvalue weighted by Crippen LogP contribution is 2.26. The van der Waals surface area contributed by atoms with Crippen LogP contribution in [-0.2, 0) is 9.53 Å². The fraction of sp³-hybridized carbons (Fsp3) is 0.611. The van der Waals surface area contributed by atoms with Gasteiger partial charge in [-0.3, -0.25) is 4.79 Å². The summed E-state index contributed by atoms with van der Waals surface area (Å²) in [4.78, 5) is 12.1. The molecule has 1 aromatic rings. The molecule has 1 aliphatic rings. The van der Waals surface area contributed by atoms with Crippen LogP contribution >= 0.6 is 0 Å². The molecule has 0 heterocycles. The van der Waals surface area contributed by atoms with Gasteiger partial charge in [0.15, 0.2) is 0 Å². The first kappa shape index (κ1) is 16.8. The molecular weight excluding hydrogens is 278 g/mol. The van der Waals surface area contributed by atoms with Crippen LogP contribution in [0.1, 0.15) is 56.2 Å². The van der Waals surface area contributed by atoms with E-state index < -0.39 is 0 Å². The van der Waals surface area contributed by atoms with Crippen LogP contribution in [0.25, 0.3) is 0 Å². The standard InChI is InChI=1S/C18H27NO3/c1-13-9-10-17(21-3)16(11-13)14(2)19-18(20)12-22-15-7-5-4-6-8-15/h9-11,14-15H,4-8,12H2,1-3H3,(H,19,20). The Labute approximate surface area is 133 Å². The Morgan fingerprint density at radius 1 is 1.32 bits per heavy atom. The molecule has 0 aliphatic heterocycles. The minimum absolute atomic E-state index is 0.0679. The van der Waals surface area contributed by atoms with Crippen LogP contribution in [0.4, 0.5) is 0 Å². The van der Waals surface area contributed by atoms with E-state index in [2.05, 4.69) is 5.32 Å². The van der Waals surface area contributed by atoms with Crippen molar-refractivity contribution in [2.45, 2.75) is 58.1 Å². The van der Waals surface area contributed by atoms with E-state index in [1.807, 2.05) is 32.0 Å². The quantitative estimate of drug-likeness (QED) is 0.874. The third kappa shape index (κ3) is 4.73. The summed E-state index contributed by atoms with van der Waals surface area (Å²) in [6.45, 7) is 4.14. The van der Waals surface area contributed by atoms with Crippen molar-refractivity contribution in [2.24, 2.45) is 0 Å². The topological polar surface area (TPSA) is 47.6 Å². The van der Waals surface area contributed by atoms with Crippen molar-refractivity contribution in [1.82, 2.24) is 5.32 Å². The Bertz CT molecular complexity index is 495. The van der Waals surface area contributed by atoms with Gasteiger partial charge in [-0.1, -0.05) is 37.0 Å². The molecule has 1 aliphatic carbocycles. The molecule has 1 amide bonds. The zero-order chi connectivity index (χ0) is 15.9. The summed E-state index contributed by atoms with van der Waals surface area (Å²) in [5.41, 5.74) is 2.14. The van der Waals surface area contributed by atoms with Crippen LogP contribution < -0.4 is 10.1 Å². The third-order valence-corrected chi connectivity index (χ3v) is 4.23. The zero-order valence-corrected chi connectivity index (χ0v) is 13.9. The van der Waals surface area contributed by atoms with Crippen molar-refractivity contribution in [2.75, 3.05) is 13.7 Å². The van der Waals surface area contributed by atoms with Crippen LogP contribution in [0.2, 0.25) is 0 Å². The Morgan fingerprint density at radius 2 is 2.05 bits per heavy atom. The largest absolute Gasteiger partial charge is 0.496 e. The first-order valence-electron chi connectivity index (χ1n) is 8.15. The number of nitrogens with one attached hydrogen (secondary N) is 1. The summed E-state index contributed by atoms with van der Waals surface area (Å²) in [6.07, 6.45) is 6.12. The highest BCUT2D eigenvalue weighted by molar-refractivity contribution is 5.77. The molecule has 4 nitrogen and oxygen atoms in total. The van der Waals surface area contributed by atoms with Crippen molar-refractivity contribution >= 4 is 5.91 Å². The highest BCUT2D eigenvalue weighted by atomic mass is 16.5. The van der Waals surface area contributed by atoms with Crippen LogP contribution in [0.3, 0.4) is 0 Å². The maximum atomic E-state index is 12.1. The van der Waals surface area contributed by atoms with E-state index >= 15 is 0 Å². The maximum Gasteiger partial charge on any atom is 0.246 e. The number of ether oxygens (including phenoxy) is 2. The number of carbonyl (C=O) groups excluding carboxylic acids is 1. The molecule has 2 rings (SSSR count). The smallest absolute Gasteiger partial charge is 0.246 e. The number of amides is 1. The number of aryl methyl sites for hydroxylation is 1. The molecule has 122 valence electrons. The van der Waals surface area contributed by atoms with Gasteiger partial charge in [0.2, 0.25) is 5.91 Å². The lowest BCUT2D eigenvalue weighted by atomic mass is 9.98. The molecular formula is C18H27NO3. The summed E-state index contributed by atoms with van der Waals surface area (Å²) in [7, 11) is 1.65. The summed E-state index contributed by atoms with van der Waals surface area (Å²) in [5, 5.41) is 2.99. The maximum absolute atomic E-state index is 12.1. The van der Waals surface area contributed by atoms with Gasteiger partial charge in [-0.25, -0.2) is 0 Å². The first-order chi connectivity index (χ1) is 10.6.